The van der Waals surface area contributed by atoms with Gasteiger partial charge in [0.1, 0.15) is 6.29 Å². The van der Waals surface area contributed by atoms with E-state index in [4.69, 9.17) is 5.11 Å². The minimum Gasteiger partial charge on any atom is -0.481 e. The van der Waals surface area contributed by atoms with Gasteiger partial charge in [0, 0.05) is 29.9 Å². The van der Waals surface area contributed by atoms with Crippen LogP contribution in [0.5, 0.6) is 0 Å². The third-order valence-electron chi connectivity index (χ3n) is 3.08. The molecule has 94 valence electrons. The molecule has 4 heteroatoms. The zero-order chi connectivity index (χ0) is 13.0. The Bertz CT molecular complexity index is 559. The van der Waals surface area contributed by atoms with Gasteiger partial charge >= 0.3 is 5.97 Å². The van der Waals surface area contributed by atoms with Crippen molar-refractivity contribution >= 4 is 23.2 Å². The number of para-hydroxylation sites is 1. The molecule has 0 radical (unpaired) electrons. The van der Waals surface area contributed by atoms with Crippen molar-refractivity contribution in [2.75, 3.05) is 0 Å². The lowest BCUT2D eigenvalue weighted by atomic mass is 9.93. The van der Waals surface area contributed by atoms with Gasteiger partial charge in [0.15, 0.2) is 0 Å². The monoisotopic (exact) mass is 245 g/mol. The average molecular weight is 245 g/mol. The summed E-state index contributed by atoms with van der Waals surface area (Å²) in [5, 5.41) is 9.92. The summed E-state index contributed by atoms with van der Waals surface area (Å²) in [6.45, 7) is 0. The summed E-state index contributed by atoms with van der Waals surface area (Å²) in [7, 11) is 0. The predicted molar refractivity (Wildman–Crippen MR) is 68.4 cm³/mol. The molecule has 0 bridgehead atoms. The van der Waals surface area contributed by atoms with Crippen LogP contribution < -0.4 is 0 Å². The maximum absolute atomic E-state index is 10.8. The van der Waals surface area contributed by atoms with Gasteiger partial charge in [-0.15, -0.1) is 0 Å². The van der Waals surface area contributed by atoms with Gasteiger partial charge < -0.3 is 14.9 Å². The van der Waals surface area contributed by atoms with Gasteiger partial charge in [-0.05, 0) is 24.0 Å². The van der Waals surface area contributed by atoms with E-state index in [9.17, 15) is 9.59 Å². The van der Waals surface area contributed by atoms with Gasteiger partial charge in [0.05, 0.1) is 0 Å². The van der Waals surface area contributed by atoms with E-state index < -0.39 is 5.97 Å². The van der Waals surface area contributed by atoms with Crippen LogP contribution in [0.15, 0.2) is 30.5 Å². The van der Waals surface area contributed by atoms with E-state index in [1.165, 1.54) is 0 Å². The molecule has 4 nitrogen and oxygen atoms in total. The van der Waals surface area contributed by atoms with Crippen molar-refractivity contribution in [1.29, 1.82) is 0 Å². The molecule has 2 N–H and O–H groups in total. The number of carbonyl (C=O) groups is 2. The lowest BCUT2D eigenvalue weighted by Gasteiger charge is -2.10. The summed E-state index contributed by atoms with van der Waals surface area (Å²) in [6, 6.07) is 7.87. The van der Waals surface area contributed by atoms with Crippen molar-refractivity contribution in [3.8, 4) is 0 Å². The van der Waals surface area contributed by atoms with E-state index in [1.807, 2.05) is 30.5 Å². The molecule has 1 unspecified atom stereocenters. The number of rotatable bonds is 6. The Morgan fingerprint density at radius 1 is 1.39 bits per heavy atom. The first-order valence-corrected chi connectivity index (χ1v) is 5.91. The number of carboxylic acid groups (broad SMARTS) is 1. The number of hydrogen-bond donors (Lipinski definition) is 2. The van der Waals surface area contributed by atoms with Crippen molar-refractivity contribution in [1.82, 2.24) is 4.98 Å². The van der Waals surface area contributed by atoms with E-state index in [-0.39, 0.29) is 18.8 Å². The number of benzene rings is 1. The van der Waals surface area contributed by atoms with E-state index in [1.54, 1.807) is 0 Å². The van der Waals surface area contributed by atoms with Crippen molar-refractivity contribution in [2.24, 2.45) is 5.92 Å². The number of carboxylic acids is 1. The van der Waals surface area contributed by atoms with Crippen molar-refractivity contribution in [3.63, 3.8) is 0 Å². The summed E-state index contributed by atoms with van der Waals surface area (Å²) in [6.07, 6.45) is 3.60. The van der Waals surface area contributed by atoms with Crippen LogP contribution >= 0.6 is 0 Å². The Balaban J connectivity index is 2.19. The Labute approximate surface area is 105 Å². The lowest BCUT2D eigenvalue weighted by molar-refractivity contribution is -0.138. The van der Waals surface area contributed by atoms with Crippen molar-refractivity contribution in [2.45, 2.75) is 19.3 Å². The van der Waals surface area contributed by atoms with Crippen LogP contribution in [-0.2, 0) is 16.0 Å². The molecule has 0 aliphatic heterocycles. The van der Waals surface area contributed by atoms with Crippen LogP contribution in [-0.4, -0.2) is 22.3 Å². The van der Waals surface area contributed by atoms with Gasteiger partial charge in [-0.3, -0.25) is 4.79 Å². The van der Waals surface area contributed by atoms with Crippen LogP contribution in [0.1, 0.15) is 18.4 Å². The molecule has 1 aromatic heterocycles. The molecule has 0 spiro atoms. The first kappa shape index (κ1) is 12.4. The van der Waals surface area contributed by atoms with Gasteiger partial charge in [-0.1, -0.05) is 18.2 Å². The summed E-state index contributed by atoms with van der Waals surface area (Å²) >= 11 is 0. The summed E-state index contributed by atoms with van der Waals surface area (Å²) < 4.78 is 0. The van der Waals surface area contributed by atoms with Gasteiger partial charge in [-0.2, -0.15) is 0 Å². The highest BCUT2D eigenvalue weighted by molar-refractivity contribution is 5.83. The fraction of sp³-hybridized carbons (Fsp3) is 0.286. The topological polar surface area (TPSA) is 70.2 Å². The minimum absolute atomic E-state index is 0.0260. The van der Waals surface area contributed by atoms with Crippen LogP contribution in [0.2, 0.25) is 0 Å². The predicted octanol–water partition coefficient (Wildman–Crippen LogP) is 2.39. The van der Waals surface area contributed by atoms with E-state index in [2.05, 4.69) is 4.98 Å². The molecule has 0 aliphatic carbocycles. The Hall–Kier alpha value is -2.10. The Kier molecular flexibility index (Phi) is 3.77. The number of aldehydes is 1. The molecule has 1 atom stereocenters. The van der Waals surface area contributed by atoms with E-state index in [0.29, 0.717) is 6.42 Å². The summed E-state index contributed by atoms with van der Waals surface area (Å²) in [5.41, 5.74) is 2.10. The molecular formula is C14H15NO3. The highest BCUT2D eigenvalue weighted by Crippen LogP contribution is 2.23. The first-order chi connectivity index (χ1) is 8.70. The fourth-order valence-electron chi connectivity index (χ4n) is 2.23. The Morgan fingerprint density at radius 3 is 2.89 bits per heavy atom. The second-order valence-corrected chi connectivity index (χ2v) is 4.43. The zero-order valence-corrected chi connectivity index (χ0v) is 9.93. The number of aromatic amines is 1. The van der Waals surface area contributed by atoms with Crippen LogP contribution in [0.3, 0.4) is 0 Å². The van der Waals surface area contributed by atoms with Crippen molar-refractivity contribution < 1.29 is 14.7 Å². The summed E-state index contributed by atoms with van der Waals surface area (Å²) in [5.74, 6) is -0.999. The molecule has 1 aromatic carbocycles. The number of aromatic nitrogens is 1. The first-order valence-electron chi connectivity index (χ1n) is 5.91. The van der Waals surface area contributed by atoms with Crippen molar-refractivity contribution in [3.05, 3.63) is 36.0 Å². The molecular weight excluding hydrogens is 230 g/mol. The standard InChI is InChI=1S/C14H15NO3/c16-6-5-10(8-14(17)18)7-11-9-15-13-4-2-1-3-12(11)13/h1-4,6,9-10,15H,5,7-8H2,(H,17,18). The van der Waals surface area contributed by atoms with Crippen LogP contribution in [0, 0.1) is 5.92 Å². The minimum atomic E-state index is -0.860. The smallest absolute Gasteiger partial charge is 0.303 e. The highest BCUT2D eigenvalue weighted by Gasteiger charge is 2.15. The number of aliphatic carboxylic acids is 1. The molecule has 0 saturated heterocycles. The molecule has 2 aromatic rings. The molecule has 0 saturated carbocycles. The number of nitrogens with one attached hydrogen (secondary N) is 1. The van der Waals surface area contributed by atoms with Gasteiger partial charge in [0.2, 0.25) is 0 Å². The maximum atomic E-state index is 10.8. The second kappa shape index (κ2) is 5.49. The fourth-order valence-corrected chi connectivity index (χ4v) is 2.23. The molecule has 0 amide bonds. The third-order valence-corrected chi connectivity index (χ3v) is 3.08. The van der Waals surface area contributed by atoms with E-state index >= 15 is 0 Å². The quantitative estimate of drug-likeness (QED) is 0.768. The number of fused-ring (bicyclic) bond motifs is 1. The summed E-state index contributed by atoms with van der Waals surface area (Å²) in [4.78, 5) is 24.5. The number of hydrogen-bond acceptors (Lipinski definition) is 2. The molecule has 0 aliphatic rings. The molecule has 0 fully saturated rings. The Morgan fingerprint density at radius 2 is 2.17 bits per heavy atom. The van der Waals surface area contributed by atoms with Gasteiger partial charge in [0.25, 0.3) is 0 Å². The molecule has 1 heterocycles. The normalized spacial score (nSPS) is 12.4. The third kappa shape index (κ3) is 2.77. The number of H-pyrrole nitrogens is 1. The number of carbonyl (C=O) groups excluding carboxylic acids is 1. The second-order valence-electron chi connectivity index (χ2n) is 4.43. The average Bonchev–Trinajstić information content (AvgIpc) is 2.72. The van der Waals surface area contributed by atoms with E-state index in [0.717, 1.165) is 22.8 Å². The van der Waals surface area contributed by atoms with Crippen LogP contribution in [0.4, 0.5) is 0 Å². The largest absolute Gasteiger partial charge is 0.481 e. The van der Waals surface area contributed by atoms with Crippen LogP contribution in [0.25, 0.3) is 10.9 Å². The molecule has 18 heavy (non-hydrogen) atoms. The van der Waals surface area contributed by atoms with Gasteiger partial charge in [-0.25, -0.2) is 0 Å². The maximum Gasteiger partial charge on any atom is 0.303 e. The lowest BCUT2D eigenvalue weighted by Crippen LogP contribution is -2.11. The SMILES string of the molecule is O=CCC(CC(=O)O)Cc1c[nH]c2ccccc12. The highest BCUT2D eigenvalue weighted by atomic mass is 16.4. The zero-order valence-electron chi connectivity index (χ0n) is 9.93. The molecule has 2 rings (SSSR count).